The predicted molar refractivity (Wildman–Crippen MR) is 112 cm³/mol. The number of hydrogen-bond donors (Lipinski definition) is 1. The van der Waals surface area contributed by atoms with Crippen LogP contribution in [-0.2, 0) is 11.2 Å². The molecule has 1 unspecified atom stereocenters. The summed E-state index contributed by atoms with van der Waals surface area (Å²) >= 11 is 0. The zero-order valence-electron chi connectivity index (χ0n) is 17.2. The van der Waals surface area contributed by atoms with E-state index in [4.69, 9.17) is 4.74 Å². The number of nitrogens with zero attached hydrogens (tertiary/aromatic N) is 2. The molecule has 1 atom stereocenters. The van der Waals surface area contributed by atoms with E-state index in [-0.39, 0.29) is 12.6 Å². The van der Waals surface area contributed by atoms with Crippen molar-refractivity contribution in [1.82, 2.24) is 10.2 Å². The number of fused-ring (bicyclic) bond motifs is 1. The van der Waals surface area contributed by atoms with Crippen LogP contribution >= 0.6 is 0 Å². The molecule has 2 aliphatic heterocycles. The lowest BCUT2D eigenvalue weighted by Gasteiger charge is -2.36. The number of benzene rings is 2. The van der Waals surface area contributed by atoms with Crippen LogP contribution in [0, 0.1) is 11.6 Å². The van der Waals surface area contributed by atoms with Crippen molar-refractivity contribution in [3.63, 3.8) is 0 Å². The molecule has 2 aromatic carbocycles. The summed E-state index contributed by atoms with van der Waals surface area (Å²) in [7, 11) is 2.10. The maximum atomic E-state index is 14.0. The van der Waals surface area contributed by atoms with Gasteiger partial charge in [-0.05, 0) is 42.2 Å². The fourth-order valence-corrected chi connectivity index (χ4v) is 4.35. The third-order valence-corrected chi connectivity index (χ3v) is 5.97. The summed E-state index contributed by atoms with van der Waals surface area (Å²) in [5.41, 5.74) is 3.10. The number of halogens is 2. The highest BCUT2D eigenvalue weighted by Gasteiger charge is 2.26. The van der Waals surface area contributed by atoms with E-state index >= 15 is 0 Å². The van der Waals surface area contributed by atoms with Crippen molar-refractivity contribution in [2.24, 2.45) is 0 Å². The van der Waals surface area contributed by atoms with Crippen molar-refractivity contribution in [3.8, 4) is 0 Å². The monoisotopic (exact) mass is 415 g/mol. The number of rotatable bonds is 5. The van der Waals surface area contributed by atoms with Crippen LogP contribution in [0.4, 0.5) is 14.5 Å². The Kier molecular flexibility index (Phi) is 6.29. The maximum absolute atomic E-state index is 14.0. The van der Waals surface area contributed by atoms with Crippen molar-refractivity contribution in [1.29, 1.82) is 0 Å². The van der Waals surface area contributed by atoms with Crippen LogP contribution in [0.3, 0.4) is 0 Å². The quantitative estimate of drug-likeness (QED) is 0.815. The fraction of sp³-hybridized carbons (Fsp3) is 0.435. The van der Waals surface area contributed by atoms with Gasteiger partial charge in [0.2, 0.25) is 0 Å². The van der Waals surface area contributed by atoms with Crippen molar-refractivity contribution >= 4 is 11.6 Å². The first kappa shape index (κ1) is 20.8. The first-order valence-electron chi connectivity index (χ1n) is 10.4. The summed E-state index contributed by atoms with van der Waals surface area (Å²) in [6.07, 6.45) is 2.13. The first-order valence-corrected chi connectivity index (χ1v) is 10.4. The summed E-state index contributed by atoms with van der Waals surface area (Å²) in [4.78, 5) is 17.1. The van der Waals surface area contributed by atoms with Gasteiger partial charge in [-0.2, -0.15) is 0 Å². The smallest absolute Gasteiger partial charge is 0.257 e. The molecule has 0 saturated carbocycles. The number of morpholine rings is 1. The minimum atomic E-state index is -0.854. The van der Waals surface area contributed by atoms with Crippen LogP contribution in [0.2, 0.25) is 0 Å². The molecule has 0 aromatic heterocycles. The standard InChI is InChI=1S/C23H27F2N3O2/c1-27-9-3-4-16-14-17(7-8-20(16)27)21(28-10-12-30-13-11-28)15-26-23(29)22-18(24)5-2-6-19(22)25/h2,5-8,14,21H,3-4,9-13,15H2,1H3,(H,26,29). The lowest BCUT2D eigenvalue weighted by molar-refractivity contribution is 0.0162. The van der Waals surface area contributed by atoms with E-state index in [2.05, 4.69) is 40.4 Å². The first-order chi connectivity index (χ1) is 14.5. The van der Waals surface area contributed by atoms with Gasteiger partial charge in [0, 0.05) is 38.9 Å². The molecule has 7 heteroatoms. The molecule has 2 aliphatic rings. The summed E-state index contributed by atoms with van der Waals surface area (Å²) < 4.78 is 33.5. The van der Waals surface area contributed by atoms with E-state index in [0.29, 0.717) is 13.2 Å². The molecule has 0 bridgehead atoms. The Hall–Kier alpha value is -2.51. The summed E-state index contributed by atoms with van der Waals surface area (Å²) in [5, 5.41) is 2.75. The van der Waals surface area contributed by atoms with Crippen molar-refractivity contribution in [2.45, 2.75) is 18.9 Å². The molecular weight excluding hydrogens is 388 g/mol. The lowest BCUT2D eigenvalue weighted by Crippen LogP contribution is -2.44. The molecule has 2 heterocycles. The average Bonchev–Trinajstić information content (AvgIpc) is 2.75. The molecule has 0 spiro atoms. The zero-order valence-corrected chi connectivity index (χ0v) is 17.2. The average molecular weight is 415 g/mol. The third kappa shape index (κ3) is 4.32. The van der Waals surface area contributed by atoms with Gasteiger partial charge < -0.3 is 15.0 Å². The second-order valence-corrected chi connectivity index (χ2v) is 7.88. The highest BCUT2D eigenvalue weighted by atomic mass is 19.1. The largest absolute Gasteiger partial charge is 0.379 e. The van der Waals surface area contributed by atoms with Crippen LogP contribution in [0.5, 0.6) is 0 Å². The molecule has 30 heavy (non-hydrogen) atoms. The number of carbonyl (C=O) groups is 1. The Morgan fingerprint density at radius 1 is 1.13 bits per heavy atom. The van der Waals surface area contributed by atoms with E-state index in [9.17, 15) is 13.6 Å². The van der Waals surface area contributed by atoms with Gasteiger partial charge in [-0.15, -0.1) is 0 Å². The van der Waals surface area contributed by atoms with Gasteiger partial charge in [0.25, 0.3) is 5.91 Å². The molecule has 0 radical (unpaired) electrons. The third-order valence-electron chi connectivity index (χ3n) is 5.97. The van der Waals surface area contributed by atoms with Crippen molar-refractivity contribution in [2.75, 3.05) is 51.3 Å². The Balaban J connectivity index is 1.57. The van der Waals surface area contributed by atoms with Gasteiger partial charge in [-0.1, -0.05) is 18.2 Å². The summed E-state index contributed by atoms with van der Waals surface area (Å²) in [6, 6.07) is 9.79. The number of amides is 1. The lowest BCUT2D eigenvalue weighted by atomic mass is 9.95. The van der Waals surface area contributed by atoms with Crippen LogP contribution < -0.4 is 10.2 Å². The SMILES string of the molecule is CN1CCCc2cc(C(CNC(=O)c3c(F)cccc3F)N3CCOCC3)ccc21. The van der Waals surface area contributed by atoms with Gasteiger partial charge in [0.05, 0.1) is 19.3 Å². The van der Waals surface area contributed by atoms with Crippen LogP contribution in [-0.4, -0.2) is 57.2 Å². The topological polar surface area (TPSA) is 44.8 Å². The minimum Gasteiger partial charge on any atom is -0.379 e. The molecule has 0 aliphatic carbocycles. The second kappa shape index (κ2) is 9.10. The number of ether oxygens (including phenoxy) is 1. The Labute approximate surface area is 175 Å². The minimum absolute atomic E-state index is 0.0924. The summed E-state index contributed by atoms with van der Waals surface area (Å²) in [5.74, 6) is -2.44. The Morgan fingerprint density at radius 2 is 1.87 bits per heavy atom. The van der Waals surface area contributed by atoms with E-state index in [0.717, 1.165) is 50.2 Å². The van der Waals surface area contributed by atoms with Crippen LogP contribution in [0.1, 0.15) is 33.9 Å². The van der Waals surface area contributed by atoms with E-state index < -0.39 is 23.1 Å². The van der Waals surface area contributed by atoms with Gasteiger partial charge in [-0.3, -0.25) is 9.69 Å². The second-order valence-electron chi connectivity index (χ2n) is 7.88. The maximum Gasteiger partial charge on any atom is 0.257 e. The van der Waals surface area contributed by atoms with Crippen LogP contribution in [0.25, 0.3) is 0 Å². The Bertz CT molecular complexity index is 895. The van der Waals surface area contributed by atoms with Gasteiger partial charge in [0.15, 0.2) is 0 Å². The highest BCUT2D eigenvalue weighted by Crippen LogP contribution is 2.31. The normalized spacial score (nSPS) is 18.0. The van der Waals surface area contributed by atoms with Crippen molar-refractivity contribution in [3.05, 3.63) is 64.7 Å². The molecule has 4 rings (SSSR count). The molecular formula is C23H27F2N3O2. The number of hydrogen-bond acceptors (Lipinski definition) is 4. The van der Waals surface area contributed by atoms with E-state index in [1.165, 1.54) is 17.3 Å². The number of aryl methyl sites for hydroxylation is 1. The predicted octanol–water partition coefficient (Wildman–Crippen LogP) is 3.15. The molecule has 160 valence electrons. The molecule has 5 nitrogen and oxygen atoms in total. The highest BCUT2D eigenvalue weighted by molar-refractivity contribution is 5.94. The molecule has 1 saturated heterocycles. The molecule has 1 fully saturated rings. The Morgan fingerprint density at radius 3 is 2.60 bits per heavy atom. The van der Waals surface area contributed by atoms with E-state index in [1.54, 1.807) is 0 Å². The van der Waals surface area contributed by atoms with Gasteiger partial charge in [-0.25, -0.2) is 8.78 Å². The number of carbonyl (C=O) groups excluding carboxylic acids is 1. The number of nitrogens with one attached hydrogen (secondary N) is 1. The molecule has 1 N–H and O–H groups in total. The molecule has 1 amide bonds. The molecule has 2 aromatic rings. The summed E-state index contributed by atoms with van der Waals surface area (Å²) in [6.45, 7) is 4.04. The number of anilines is 1. The van der Waals surface area contributed by atoms with Crippen LogP contribution in [0.15, 0.2) is 36.4 Å². The van der Waals surface area contributed by atoms with Gasteiger partial charge >= 0.3 is 0 Å². The zero-order chi connectivity index (χ0) is 21.1. The van der Waals surface area contributed by atoms with E-state index in [1.807, 2.05) is 0 Å². The fourth-order valence-electron chi connectivity index (χ4n) is 4.35. The van der Waals surface area contributed by atoms with Crippen molar-refractivity contribution < 1.29 is 18.3 Å². The van der Waals surface area contributed by atoms with Gasteiger partial charge in [0.1, 0.15) is 17.2 Å².